The summed E-state index contributed by atoms with van der Waals surface area (Å²) in [5, 5.41) is 0. The van der Waals surface area contributed by atoms with Crippen LogP contribution in [0.25, 0.3) is 0 Å². The molecule has 3 rings (SSSR count). The van der Waals surface area contributed by atoms with Crippen molar-refractivity contribution in [2.45, 2.75) is 31.8 Å². The van der Waals surface area contributed by atoms with Crippen molar-refractivity contribution in [3.8, 4) is 11.8 Å². The maximum atomic E-state index is 5.43. The summed E-state index contributed by atoms with van der Waals surface area (Å²) in [5.74, 6) is 6.05. The van der Waals surface area contributed by atoms with Gasteiger partial charge in [-0.3, -0.25) is 9.80 Å². The van der Waals surface area contributed by atoms with Crippen molar-refractivity contribution in [2.75, 3.05) is 32.7 Å². The molecule has 0 aromatic heterocycles. The Morgan fingerprint density at radius 3 is 2.86 bits per heavy atom. The van der Waals surface area contributed by atoms with Crippen LogP contribution in [0.1, 0.15) is 30.4 Å². The maximum Gasteiger partial charge on any atom is 0.0555 e. The van der Waals surface area contributed by atoms with Crippen molar-refractivity contribution in [3.63, 3.8) is 0 Å². The number of hydrogen-bond donors (Lipinski definition) is 1. The maximum absolute atomic E-state index is 5.43. The molecule has 1 unspecified atom stereocenters. The number of nitrogens with zero attached hydrogens (tertiary/aromatic N) is 2. The average Bonchev–Trinajstić information content (AvgIpc) is 3.16. The molecule has 1 aromatic rings. The Morgan fingerprint density at radius 1 is 1.19 bits per heavy atom. The van der Waals surface area contributed by atoms with Crippen LogP contribution in [0.5, 0.6) is 0 Å². The van der Waals surface area contributed by atoms with E-state index in [1.165, 1.54) is 51.0 Å². The molecular weight excluding hydrogens is 258 g/mol. The normalized spacial score (nSPS) is 23.2. The third-order valence-electron chi connectivity index (χ3n) is 4.57. The van der Waals surface area contributed by atoms with Crippen LogP contribution in [-0.2, 0) is 6.54 Å². The summed E-state index contributed by atoms with van der Waals surface area (Å²) in [7, 11) is 0. The molecule has 0 bridgehead atoms. The van der Waals surface area contributed by atoms with E-state index in [1.807, 2.05) is 0 Å². The minimum absolute atomic E-state index is 0.424. The second-order valence-electron chi connectivity index (χ2n) is 6.13. The highest BCUT2D eigenvalue weighted by Crippen LogP contribution is 2.21. The van der Waals surface area contributed by atoms with Crippen LogP contribution >= 0.6 is 0 Å². The molecule has 112 valence electrons. The quantitative estimate of drug-likeness (QED) is 0.857. The zero-order valence-electron chi connectivity index (χ0n) is 12.7. The van der Waals surface area contributed by atoms with Crippen LogP contribution in [0.2, 0.25) is 0 Å². The fourth-order valence-electron chi connectivity index (χ4n) is 3.52. The van der Waals surface area contributed by atoms with Crippen molar-refractivity contribution >= 4 is 0 Å². The minimum Gasteiger partial charge on any atom is -0.320 e. The third kappa shape index (κ3) is 3.85. The van der Waals surface area contributed by atoms with Crippen molar-refractivity contribution in [3.05, 3.63) is 35.4 Å². The van der Waals surface area contributed by atoms with Crippen molar-refractivity contribution in [2.24, 2.45) is 5.73 Å². The standard InChI is InChI=1S/C18H25N3/c19-9-4-7-16-5-3-6-17(13-16)14-20-12-8-18(15-20)21-10-1-2-11-21/h3,5-6,13,18H,1-2,8-12,14-15,19H2. The van der Waals surface area contributed by atoms with Crippen LogP contribution in [0.15, 0.2) is 24.3 Å². The summed E-state index contributed by atoms with van der Waals surface area (Å²) in [6.07, 6.45) is 4.10. The van der Waals surface area contributed by atoms with Crippen LogP contribution in [-0.4, -0.2) is 48.6 Å². The third-order valence-corrected chi connectivity index (χ3v) is 4.57. The first-order valence-corrected chi connectivity index (χ1v) is 8.09. The molecule has 0 aliphatic carbocycles. The van der Waals surface area contributed by atoms with E-state index in [9.17, 15) is 0 Å². The van der Waals surface area contributed by atoms with E-state index in [-0.39, 0.29) is 0 Å². The van der Waals surface area contributed by atoms with Crippen LogP contribution < -0.4 is 5.73 Å². The Bertz CT molecular complexity index is 523. The second-order valence-corrected chi connectivity index (χ2v) is 6.13. The van der Waals surface area contributed by atoms with Crippen LogP contribution in [0.4, 0.5) is 0 Å². The summed E-state index contributed by atoms with van der Waals surface area (Å²) in [6.45, 7) is 6.53. The number of nitrogens with two attached hydrogens (primary N) is 1. The smallest absolute Gasteiger partial charge is 0.0555 e. The Morgan fingerprint density at radius 2 is 2.05 bits per heavy atom. The summed E-state index contributed by atoms with van der Waals surface area (Å²) in [4.78, 5) is 5.27. The molecule has 2 saturated heterocycles. The van der Waals surface area contributed by atoms with Gasteiger partial charge in [-0.2, -0.15) is 0 Å². The molecule has 0 spiro atoms. The van der Waals surface area contributed by atoms with Gasteiger partial charge in [0.25, 0.3) is 0 Å². The lowest BCUT2D eigenvalue weighted by atomic mass is 10.1. The van der Waals surface area contributed by atoms with Gasteiger partial charge in [-0.1, -0.05) is 24.0 Å². The van der Waals surface area contributed by atoms with Gasteiger partial charge in [0.05, 0.1) is 6.54 Å². The van der Waals surface area contributed by atoms with Gasteiger partial charge in [0.2, 0.25) is 0 Å². The topological polar surface area (TPSA) is 32.5 Å². The summed E-state index contributed by atoms with van der Waals surface area (Å²) < 4.78 is 0. The molecule has 2 aliphatic heterocycles. The van der Waals surface area contributed by atoms with Crippen molar-refractivity contribution in [1.82, 2.24) is 9.80 Å². The Kier molecular flexibility index (Phi) is 4.92. The summed E-state index contributed by atoms with van der Waals surface area (Å²) in [5.41, 5.74) is 7.87. The van der Waals surface area contributed by atoms with Gasteiger partial charge in [-0.15, -0.1) is 0 Å². The lowest BCUT2D eigenvalue weighted by molar-refractivity contribution is 0.230. The van der Waals surface area contributed by atoms with E-state index in [0.717, 1.165) is 18.2 Å². The minimum atomic E-state index is 0.424. The molecular formula is C18H25N3. The van der Waals surface area contributed by atoms with Gasteiger partial charge < -0.3 is 5.73 Å². The zero-order valence-corrected chi connectivity index (χ0v) is 12.7. The van der Waals surface area contributed by atoms with Crippen LogP contribution in [0, 0.1) is 11.8 Å². The van der Waals surface area contributed by atoms with Gasteiger partial charge in [0.1, 0.15) is 0 Å². The summed E-state index contributed by atoms with van der Waals surface area (Å²) in [6, 6.07) is 9.35. The van der Waals surface area contributed by atoms with E-state index in [0.29, 0.717) is 6.54 Å². The van der Waals surface area contributed by atoms with Gasteiger partial charge in [0, 0.05) is 31.2 Å². The number of rotatable bonds is 3. The van der Waals surface area contributed by atoms with E-state index in [1.54, 1.807) is 0 Å². The Balaban J connectivity index is 1.57. The Hall–Kier alpha value is -1.34. The molecule has 1 atom stereocenters. The molecule has 3 heteroatoms. The Labute approximate surface area is 128 Å². The van der Waals surface area contributed by atoms with Crippen molar-refractivity contribution in [1.29, 1.82) is 0 Å². The zero-order chi connectivity index (χ0) is 14.5. The summed E-state index contributed by atoms with van der Waals surface area (Å²) >= 11 is 0. The average molecular weight is 283 g/mol. The highest BCUT2D eigenvalue weighted by atomic mass is 15.3. The van der Waals surface area contributed by atoms with E-state index < -0.39 is 0 Å². The predicted octanol–water partition coefficient (Wildman–Crippen LogP) is 1.67. The molecule has 2 heterocycles. The number of likely N-dealkylation sites (tertiary alicyclic amines) is 2. The molecule has 21 heavy (non-hydrogen) atoms. The fourth-order valence-corrected chi connectivity index (χ4v) is 3.52. The molecule has 0 amide bonds. The first-order chi connectivity index (χ1) is 10.3. The molecule has 0 radical (unpaired) electrons. The first-order valence-electron chi connectivity index (χ1n) is 8.09. The lowest BCUT2D eigenvalue weighted by Gasteiger charge is -2.23. The SMILES string of the molecule is NCC#Cc1cccc(CN2CCC(N3CCCC3)C2)c1. The van der Waals surface area contributed by atoms with E-state index in [4.69, 9.17) is 5.73 Å². The number of hydrogen-bond acceptors (Lipinski definition) is 3. The highest BCUT2D eigenvalue weighted by molar-refractivity contribution is 5.37. The number of benzene rings is 1. The van der Waals surface area contributed by atoms with Gasteiger partial charge in [-0.25, -0.2) is 0 Å². The second kappa shape index (κ2) is 7.09. The molecule has 2 fully saturated rings. The molecule has 1 aromatic carbocycles. The monoisotopic (exact) mass is 283 g/mol. The lowest BCUT2D eigenvalue weighted by Crippen LogP contribution is -2.35. The van der Waals surface area contributed by atoms with Gasteiger partial charge in [0.15, 0.2) is 0 Å². The van der Waals surface area contributed by atoms with Gasteiger partial charge in [-0.05, 0) is 50.0 Å². The van der Waals surface area contributed by atoms with Crippen molar-refractivity contribution < 1.29 is 0 Å². The van der Waals surface area contributed by atoms with Crippen LogP contribution in [0.3, 0.4) is 0 Å². The molecule has 2 aliphatic rings. The van der Waals surface area contributed by atoms with E-state index >= 15 is 0 Å². The molecule has 2 N–H and O–H groups in total. The molecule has 0 saturated carbocycles. The predicted molar refractivity (Wildman–Crippen MR) is 86.9 cm³/mol. The van der Waals surface area contributed by atoms with Gasteiger partial charge >= 0.3 is 0 Å². The highest BCUT2D eigenvalue weighted by Gasteiger charge is 2.28. The fraction of sp³-hybridized carbons (Fsp3) is 0.556. The first kappa shape index (κ1) is 14.6. The largest absolute Gasteiger partial charge is 0.320 e. The molecule has 3 nitrogen and oxygen atoms in total. The van der Waals surface area contributed by atoms with E-state index in [2.05, 4.69) is 45.9 Å².